The Bertz CT molecular complexity index is 606. The van der Waals surface area contributed by atoms with Crippen LogP contribution >= 0.6 is 15.9 Å². The maximum absolute atomic E-state index is 9.05. The van der Waals surface area contributed by atoms with Crippen LogP contribution in [0.25, 0.3) is 0 Å². The van der Waals surface area contributed by atoms with Crippen LogP contribution in [0.2, 0.25) is 0 Å². The second-order valence-electron chi connectivity index (χ2n) is 3.72. The molecule has 0 saturated heterocycles. The van der Waals surface area contributed by atoms with Crippen LogP contribution in [-0.4, -0.2) is 12.1 Å². The number of hydrogen-bond acceptors (Lipinski definition) is 4. The van der Waals surface area contributed by atoms with Crippen LogP contribution in [0.4, 0.5) is 0 Å². The lowest BCUT2D eigenvalue weighted by atomic mass is 10.2. The zero-order valence-electron chi connectivity index (χ0n) is 10.3. The van der Waals surface area contributed by atoms with Gasteiger partial charge in [0, 0.05) is 6.20 Å². The molecule has 1 aromatic carbocycles. The van der Waals surface area contributed by atoms with Gasteiger partial charge in [0.2, 0.25) is 0 Å². The molecule has 0 atom stereocenters. The van der Waals surface area contributed by atoms with Crippen molar-refractivity contribution in [3.05, 3.63) is 52.3 Å². The fourth-order valence-corrected chi connectivity index (χ4v) is 1.93. The Labute approximate surface area is 119 Å². The van der Waals surface area contributed by atoms with Gasteiger partial charge in [-0.05, 0) is 39.7 Å². The molecule has 0 radical (unpaired) electrons. The molecule has 19 heavy (non-hydrogen) atoms. The Kier molecular flexibility index (Phi) is 4.37. The summed E-state index contributed by atoms with van der Waals surface area (Å²) in [7, 11) is 1.62. The van der Waals surface area contributed by atoms with Gasteiger partial charge < -0.3 is 9.47 Å². The van der Waals surface area contributed by atoms with Crippen molar-refractivity contribution in [3.8, 4) is 17.6 Å². The molecule has 0 bridgehead atoms. The molecule has 5 heteroatoms. The number of rotatable bonds is 4. The Morgan fingerprint density at radius 2 is 2.00 bits per heavy atom. The van der Waals surface area contributed by atoms with Gasteiger partial charge in [-0.25, -0.2) is 4.98 Å². The van der Waals surface area contributed by atoms with Gasteiger partial charge in [0.15, 0.2) is 0 Å². The Hall–Kier alpha value is -2.06. The van der Waals surface area contributed by atoms with Crippen LogP contribution < -0.4 is 9.47 Å². The maximum atomic E-state index is 9.05. The molecule has 0 aliphatic rings. The molecular weight excluding hydrogens is 308 g/mol. The Morgan fingerprint density at radius 3 is 2.63 bits per heavy atom. The zero-order valence-corrected chi connectivity index (χ0v) is 11.8. The molecule has 96 valence electrons. The van der Waals surface area contributed by atoms with Crippen molar-refractivity contribution in [1.29, 1.82) is 5.26 Å². The molecule has 0 aliphatic heterocycles. The quantitative estimate of drug-likeness (QED) is 0.811. The number of nitriles is 1. The van der Waals surface area contributed by atoms with E-state index in [2.05, 4.69) is 27.0 Å². The monoisotopic (exact) mass is 318 g/mol. The maximum Gasteiger partial charge on any atom is 0.141 e. The number of halogens is 1. The van der Waals surface area contributed by atoms with Crippen molar-refractivity contribution < 1.29 is 9.47 Å². The predicted molar refractivity (Wildman–Crippen MR) is 74.0 cm³/mol. The molecule has 0 unspecified atom stereocenters. The van der Waals surface area contributed by atoms with E-state index in [1.807, 2.05) is 24.3 Å². The van der Waals surface area contributed by atoms with Crippen LogP contribution in [0.1, 0.15) is 11.1 Å². The largest absolute Gasteiger partial charge is 0.497 e. The van der Waals surface area contributed by atoms with E-state index in [9.17, 15) is 0 Å². The molecule has 2 rings (SSSR count). The summed E-state index contributed by atoms with van der Waals surface area (Å²) < 4.78 is 11.2. The minimum atomic E-state index is 0.384. The Balaban J connectivity index is 2.10. The predicted octanol–water partition coefficient (Wildman–Crippen LogP) is 3.30. The number of hydrogen-bond donors (Lipinski definition) is 0. The molecule has 4 nitrogen and oxygen atoms in total. The first-order valence-corrected chi connectivity index (χ1v) is 6.34. The van der Waals surface area contributed by atoms with Gasteiger partial charge in [0.05, 0.1) is 7.11 Å². The van der Waals surface area contributed by atoms with E-state index in [4.69, 9.17) is 14.7 Å². The third kappa shape index (κ3) is 3.24. The van der Waals surface area contributed by atoms with Gasteiger partial charge in [-0.3, -0.25) is 0 Å². The summed E-state index contributed by atoms with van der Waals surface area (Å²) in [6.07, 6.45) is 1.59. The van der Waals surface area contributed by atoms with Crippen molar-refractivity contribution in [2.45, 2.75) is 6.61 Å². The highest BCUT2D eigenvalue weighted by molar-refractivity contribution is 9.10. The standard InChI is InChI=1S/C14H11BrN2O2/c1-18-11-4-2-10(3-5-11)9-19-13-6-7-17-14(15)12(13)8-16/h2-7H,9H2,1H3. The number of ether oxygens (including phenoxy) is 2. The number of aromatic nitrogens is 1. The Morgan fingerprint density at radius 1 is 1.26 bits per heavy atom. The number of nitrogens with zero attached hydrogens (tertiary/aromatic N) is 2. The SMILES string of the molecule is COc1ccc(COc2ccnc(Br)c2C#N)cc1. The van der Waals surface area contributed by atoms with Crippen LogP contribution in [0.15, 0.2) is 41.1 Å². The second-order valence-corrected chi connectivity index (χ2v) is 4.47. The minimum absolute atomic E-state index is 0.384. The number of pyridine rings is 1. The third-order valence-electron chi connectivity index (χ3n) is 2.53. The lowest BCUT2D eigenvalue weighted by Crippen LogP contribution is -1.98. The first kappa shape index (κ1) is 13.4. The summed E-state index contributed by atoms with van der Waals surface area (Å²) in [5, 5.41) is 9.05. The van der Waals surface area contributed by atoms with Gasteiger partial charge in [-0.15, -0.1) is 0 Å². The van der Waals surface area contributed by atoms with Gasteiger partial charge in [0.1, 0.15) is 34.3 Å². The van der Waals surface area contributed by atoms with E-state index in [0.717, 1.165) is 11.3 Å². The van der Waals surface area contributed by atoms with Crippen molar-refractivity contribution >= 4 is 15.9 Å². The molecule has 0 spiro atoms. The molecule has 1 aromatic heterocycles. The number of benzene rings is 1. The van der Waals surface area contributed by atoms with Crippen molar-refractivity contribution in [3.63, 3.8) is 0 Å². The molecule has 2 aromatic rings. The summed E-state index contributed by atoms with van der Waals surface area (Å²) in [6.45, 7) is 0.384. The van der Waals surface area contributed by atoms with Crippen LogP contribution in [-0.2, 0) is 6.61 Å². The first-order valence-electron chi connectivity index (χ1n) is 5.55. The summed E-state index contributed by atoms with van der Waals surface area (Å²) in [5.74, 6) is 1.31. The van der Waals surface area contributed by atoms with Crippen LogP contribution in [0, 0.1) is 11.3 Å². The van der Waals surface area contributed by atoms with E-state index in [0.29, 0.717) is 22.5 Å². The van der Waals surface area contributed by atoms with Crippen molar-refractivity contribution in [2.24, 2.45) is 0 Å². The highest BCUT2D eigenvalue weighted by atomic mass is 79.9. The molecule has 1 heterocycles. The smallest absolute Gasteiger partial charge is 0.141 e. The summed E-state index contributed by atoms with van der Waals surface area (Å²) in [4.78, 5) is 3.99. The summed E-state index contributed by atoms with van der Waals surface area (Å²) in [6, 6.07) is 11.3. The summed E-state index contributed by atoms with van der Waals surface area (Å²) in [5.41, 5.74) is 1.40. The molecule has 0 fully saturated rings. The molecule has 0 amide bonds. The number of methoxy groups -OCH3 is 1. The first-order chi connectivity index (χ1) is 9.24. The highest BCUT2D eigenvalue weighted by Crippen LogP contribution is 2.24. The van der Waals surface area contributed by atoms with Crippen molar-refractivity contribution in [2.75, 3.05) is 7.11 Å². The fraction of sp³-hybridized carbons (Fsp3) is 0.143. The van der Waals surface area contributed by atoms with Crippen LogP contribution in [0.3, 0.4) is 0 Å². The van der Waals surface area contributed by atoms with E-state index in [1.54, 1.807) is 19.4 Å². The minimum Gasteiger partial charge on any atom is -0.497 e. The molecule has 0 N–H and O–H groups in total. The average molecular weight is 319 g/mol. The normalized spacial score (nSPS) is 9.74. The van der Waals surface area contributed by atoms with Gasteiger partial charge in [0.25, 0.3) is 0 Å². The van der Waals surface area contributed by atoms with Gasteiger partial charge in [-0.2, -0.15) is 5.26 Å². The highest BCUT2D eigenvalue weighted by Gasteiger charge is 2.08. The van der Waals surface area contributed by atoms with E-state index in [1.165, 1.54) is 0 Å². The van der Waals surface area contributed by atoms with E-state index < -0.39 is 0 Å². The van der Waals surface area contributed by atoms with Crippen LogP contribution in [0.5, 0.6) is 11.5 Å². The molecule has 0 aliphatic carbocycles. The van der Waals surface area contributed by atoms with Gasteiger partial charge in [-0.1, -0.05) is 12.1 Å². The fourth-order valence-electron chi connectivity index (χ4n) is 1.52. The van der Waals surface area contributed by atoms with E-state index >= 15 is 0 Å². The molecular formula is C14H11BrN2O2. The topological polar surface area (TPSA) is 55.1 Å². The molecule has 0 saturated carbocycles. The van der Waals surface area contributed by atoms with Crippen molar-refractivity contribution in [1.82, 2.24) is 4.98 Å². The van der Waals surface area contributed by atoms with Gasteiger partial charge >= 0.3 is 0 Å². The second kappa shape index (κ2) is 6.21. The van der Waals surface area contributed by atoms with E-state index in [-0.39, 0.29) is 0 Å². The third-order valence-corrected chi connectivity index (χ3v) is 3.13. The average Bonchev–Trinajstić information content (AvgIpc) is 2.45. The zero-order chi connectivity index (χ0) is 13.7. The lowest BCUT2D eigenvalue weighted by Gasteiger charge is -2.08. The summed E-state index contributed by atoms with van der Waals surface area (Å²) >= 11 is 3.22. The lowest BCUT2D eigenvalue weighted by molar-refractivity contribution is 0.304.